The summed E-state index contributed by atoms with van der Waals surface area (Å²) in [7, 11) is 0. The van der Waals surface area contributed by atoms with Gasteiger partial charge in [-0.2, -0.15) is 0 Å². The molecule has 0 aromatic rings. The van der Waals surface area contributed by atoms with Gasteiger partial charge in [0.05, 0.1) is 6.67 Å². The fraction of sp³-hybridized carbons (Fsp3) is 0.500. The number of nitrogens with one attached hydrogen (secondary N) is 1. The van der Waals surface area contributed by atoms with Crippen molar-refractivity contribution in [2.24, 2.45) is 17.3 Å². The number of hydrazine groups is 1. The third-order valence-corrected chi connectivity index (χ3v) is 0.506. The second-order valence-electron chi connectivity index (χ2n) is 1.04. The zero-order valence-electron chi connectivity index (χ0n) is 3.89. The normalized spacial score (nSPS) is 8.29. The molecule has 7 heavy (non-hydrogen) atoms. The van der Waals surface area contributed by atoms with Crippen LogP contribution in [0.2, 0.25) is 0 Å². The van der Waals surface area contributed by atoms with Gasteiger partial charge in [-0.25, -0.2) is 5.84 Å². The van der Waals surface area contributed by atoms with Gasteiger partial charge in [0.2, 0.25) is 5.96 Å². The highest BCUT2D eigenvalue weighted by molar-refractivity contribution is 5.73. The first kappa shape index (κ1) is 6.19. The van der Waals surface area contributed by atoms with Crippen molar-refractivity contribution < 1.29 is 0 Å². The summed E-state index contributed by atoms with van der Waals surface area (Å²) in [4.78, 5) is 0. The molecule has 0 aliphatic carbocycles. The standard InChI is InChI=1S/C2H9N5/c3-1-7(6)2(4)5/h1,3,6H2,(H3,4,5). The van der Waals surface area contributed by atoms with Crippen LogP contribution < -0.4 is 17.3 Å². The van der Waals surface area contributed by atoms with Gasteiger partial charge >= 0.3 is 0 Å². The van der Waals surface area contributed by atoms with Gasteiger partial charge in [-0.05, 0) is 0 Å². The van der Waals surface area contributed by atoms with Gasteiger partial charge < -0.3 is 11.5 Å². The van der Waals surface area contributed by atoms with Gasteiger partial charge in [0, 0.05) is 0 Å². The van der Waals surface area contributed by atoms with Crippen LogP contribution in [-0.2, 0) is 0 Å². The molecule has 0 aliphatic heterocycles. The van der Waals surface area contributed by atoms with Gasteiger partial charge in [-0.3, -0.25) is 10.4 Å². The van der Waals surface area contributed by atoms with E-state index in [1.54, 1.807) is 0 Å². The van der Waals surface area contributed by atoms with Gasteiger partial charge in [-0.15, -0.1) is 0 Å². The van der Waals surface area contributed by atoms with Crippen LogP contribution in [0.5, 0.6) is 0 Å². The highest BCUT2D eigenvalue weighted by Crippen LogP contribution is 1.61. The second kappa shape index (κ2) is 2.38. The molecular weight excluding hydrogens is 94.1 g/mol. The van der Waals surface area contributed by atoms with Crippen LogP contribution in [0, 0.1) is 5.41 Å². The molecule has 0 saturated carbocycles. The molecule has 42 valence electrons. The van der Waals surface area contributed by atoms with Crippen molar-refractivity contribution in [2.75, 3.05) is 6.67 Å². The molecule has 0 unspecified atom stereocenters. The SMILES string of the molecule is N=C(N)N(N)CN. The van der Waals surface area contributed by atoms with Crippen molar-refractivity contribution >= 4 is 5.96 Å². The van der Waals surface area contributed by atoms with Crippen molar-refractivity contribution in [3.05, 3.63) is 0 Å². The lowest BCUT2D eigenvalue weighted by atomic mass is 10.9. The van der Waals surface area contributed by atoms with Crippen LogP contribution in [0.3, 0.4) is 0 Å². The quantitative estimate of drug-likeness (QED) is 0.101. The Kier molecular flexibility index (Phi) is 2.10. The lowest BCUT2D eigenvalue weighted by Crippen LogP contribution is -2.45. The summed E-state index contributed by atoms with van der Waals surface area (Å²) in [5, 5.41) is 7.53. The van der Waals surface area contributed by atoms with Gasteiger partial charge in [0.1, 0.15) is 0 Å². The lowest BCUT2D eigenvalue weighted by Gasteiger charge is -2.10. The van der Waals surface area contributed by atoms with Gasteiger partial charge in [-0.1, -0.05) is 0 Å². The Morgan fingerprint density at radius 2 is 2.14 bits per heavy atom. The van der Waals surface area contributed by atoms with E-state index < -0.39 is 0 Å². The van der Waals surface area contributed by atoms with Crippen molar-refractivity contribution in [3.63, 3.8) is 0 Å². The summed E-state index contributed by atoms with van der Waals surface area (Å²) in [6, 6.07) is 0. The molecule has 0 aromatic heterocycles. The van der Waals surface area contributed by atoms with E-state index in [0.717, 1.165) is 5.01 Å². The summed E-state index contributed by atoms with van der Waals surface area (Å²) in [5.41, 5.74) is 9.80. The molecule has 5 heteroatoms. The summed E-state index contributed by atoms with van der Waals surface area (Å²) in [6.45, 7) is 0.0787. The van der Waals surface area contributed by atoms with E-state index >= 15 is 0 Å². The maximum absolute atomic E-state index is 6.60. The summed E-state index contributed by atoms with van der Waals surface area (Å²) in [5.74, 6) is 4.75. The number of guanidine groups is 1. The first-order chi connectivity index (χ1) is 3.18. The van der Waals surface area contributed by atoms with Crippen LogP contribution in [0.4, 0.5) is 0 Å². The monoisotopic (exact) mass is 103 g/mol. The van der Waals surface area contributed by atoms with Crippen LogP contribution in [0.1, 0.15) is 0 Å². The van der Waals surface area contributed by atoms with Crippen LogP contribution >= 0.6 is 0 Å². The minimum Gasteiger partial charge on any atom is -0.369 e. The Morgan fingerprint density at radius 3 is 2.14 bits per heavy atom. The molecule has 0 rings (SSSR count). The van der Waals surface area contributed by atoms with Crippen LogP contribution in [-0.4, -0.2) is 17.6 Å². The fourth-order valence-electron chi connectivity index (χ4n) is 0.0983. The van der Waals surface area contributed by atoms with Crippen LogP contribution in [0.25, 0.3) is 0 Å². The molecule has 0 radical (unpaired) electrons. The molecule has 5 nitrogen and oxygen atoms in total. The Morgan fingerprint density at radius 1 is 1.71 bits per heavy atom. The maximum Gasteiger partial charge on any atom is 0.204 e. The second-order valence-corrected chi connectivity index (χ2v) is 1.04. The van der Waals surface area contributed by atoms with E-state index in [1.165, 1.54) is 0 Å². The summed E-state index contributed by atoms with van der Waals surface area (Å²) in [6.07, 6.45) is 0. The minimum atomic E-state index is -0.220. The zero-order chi connectivity index (χ0) is 5.86. The Balaban J connectivity index is 3.34. The Labute approximate surface area is 41.5 Å². The molecule has 0 saturated heterocycles. The largest absolute Gasteiger partial charge is 0.369 e. The van der Waals surface area contributed by atoms with Crippen LogP contribution in [0.15, 0.2) is 0 Å². The average molecular weight is 103 g/mol. The smallest absolute Gasteiger partial charge is 0.204 e. The molecule has 0 aliphatic rings. The molecule has 0 aromatic carbocycles. The van der Waals surface area contributed by atoms with E-state index in [-0.39, 0.29) is 12.6 Å². The molecule has 0 fully saturated rings. The number of hydrogen-bond acceptors (Lipinski definition) is 3. The molecule has 7 N–H and O–H groups in total. The topological polar surface area (TPSA) is 105 Å². The fourth-order valence-corrected chi connectivity index (χ4v) is 0.0983. The van der Waals surface area contributed by atoms with E-state index in [4.69, 9.17) is 22.7 Å². The summed E-state index contributed by atoms with van der Waals surface area (Å²) < 4.78 is 0. The van der Waals surface area contributed by atoms with Crippen molar-refractivity contribution in [3.8, 4) is 0 Å². The molecule has 0 amide bonds. The maximum atomic E-state index is 6.60. The van der Waals surface area contributed by atoms with Crippen molar-refractivity contribution in [1.29, 1.82) is 5.41 Å². The first-order valence-corrected chi connectivity index (χ1v) is 1.74. The highest BCUT2D eigenvalue weighted by Gasteiger charge is 1.91. The van der Waals surface area contributed by atoms with Crippen molar-refractivity contribution in [1.82, 2.24) is 5.01 Å². The molecule has 0 heterocycles. The third-order valence-electron chi connectivity index (χ3n) is 0.506. The minimum absolute atomic E-state index is 0.0787. The van der Waals surface area contributed by atoms with Gasteiger partial charge in [0.15, 0.2) is 0 Å². The molecule has 0 atom stereocenters. The van der Waals surface area contributed by atoms with Crippen molar-refractivity contribution in [2.45, 2.75) is 0 Å². The van der Waals surface area contributed by atoms with Gasteiger partial charge in [0.25, 0.3) is 0 Å². The summed E-state index contributed by atoms with van der Waals surface area (Å²) >= 11 is 0. The lowest BCUT2D eigenvalue weighted by molar-refractivity contribution is 0.445. The Hall–Kier alpha value is -0.810. The van der Waals surface area contributed by atoms with E-state index in [2.05, 4.69) is 0 Å². The number of rotatable bonds is 1. The highest BCUT2D eigenvalue weighted by atomic mass is 15.5. The van der Waals surface area contributed by atoms with E-state index in [9.17, 15) is 0 Å². The van der Waals surface area contributed by atoms with E-state index in [0.29, 0.717) is 0 Å². The predicted molar refractivity (Wildman–Crippen MR) is 27.0 cm³/mol. The average Bonchev–Trinajstić information content (AvgIpc) is 1.65. The molecule has 0 bridgehead atoms. The molecule has 0 spiro atoms. The third kappa shape index (κ3) is 1.96. The number of nitrogens with zero attached hydrogens (tertiary/aromatic N) is 1. The molecular formula is C2H9N5. The number of hydrogen-bond donors (Lipinski definition) is 4. The number of nitrogens with two attached hydrogens (primary N) is 3. The predicted octanol–water partition coefficient (Wildman–Crippen LogP) is -2.03. The zero-order valence-corrected chi connectivity index (χ0v) is 3.89. The van der Waals surface area contributed by atoms with E-state index in [1.807, 2.05) is 0 Å². The Bertz CT molecular complexity index is 68.5. The first-order valence-electron chi connectivity index (χ1n) is 1.74.